The first-order valence-electron chi connectivity index (χ1n) is 11.1. The number of rotatable bonds is 17. The Morgan fingerprint density at radius 1 is 0.538 bits per heavy atom. The van der Waals surface area contributed by atoms with Crippen LogP contribution < -0.4 is 0 Å². The van der Waals surface area contributed by atoms with Crippen LogP contribution in [0.25, 0.3) is 0 Å². The van der Waals surface area contributed by atoms with Gasteiger partial charge in [-0.3, -0.25) is 0 Å². The van der Waals surface area contributed by atoms with Crippen molar-refractivity contribution in [1.29, 1.82) is 0 Å². The average molecular weight is 361 g/mol. The zero-order valence-electron chi connectivity index (χ0n) is 18.3. The van der Waals surface area contributed by atoms with Crippen LogP contribution in [0.3, 0.4) is 0 Å². The third kappa shape index (κ3) is 16.4. The molecule has 0 bridgehead atoms. The summed E-state index contributed by atoms with van der Waals surface area (Å²) in [6.07, 6.45) is 30.7. The van der Waals surface area contributed by atoms with Crippen molar-refractivity contribution in [3.8, 4) is 0 Å². The molecule has 1 nitrogen and oxygen atoms in total. The zero-order chi connectivity index (χ0) is 19.3. The molecular formula is C25H46N+. The molecule has 0 amide bonds. The fourth-order valence-electron chi connectivity index (χ4n) is 2.86. The topological polar surface area (TPSA) is 0 Å². The van der Waals surface area contributed by atoms with E-state index in [4.69, 9.17) is 0 Å². The van der Waals surface area contributed by atoms with Crippen molar-refractivity contribution < 1.29 is 4.48 Å². The van der Waals surface area contributed by atoms with Gasteiger partial charge in [-0.1, -0.05) is 68.4 Å². The molecule has 0 N–H and O–H groups in total. The van der Waals surface area contributed by atoms with Gasteiger partial charge in [0.1, 0.15) is 0 Å². The Hall–Kier alpha value is -1.08. The average Bonchev–Trinajstić information content (AvgIpc) is 2.66. The maximum absolute atomic E-state index is 2.37. The van der Waals surface area contributed by atoms with Crippen molar-refractivity contribution in [1.82, 2.24) is 0 Å². The van der Waals surface area contributed by atoms with Gasteiger partial charge in [-0.05, 0) is 65.2 Å². The summed E-state index contributed by atoms with van der Waals surface area (Å²) in [5, 5.41) is 0. The molecule has 0 spiro atoms. The van der Waals surface area contributed by atoms with Gasteiger partial charge in [0, 0.05) is 0 Å². The fraction of sp³-hybridized carbons (Fsp3) is 0.680. The van der Waals surface area contributed by atoms with Crippen LogP contribution in [0.1, 0.15) is 85.0 Å². The Morgan fingerprint density at radius 2 is 0.962 bits per heavy atom. The van der Waals surface area contributed by atoms with Crippen molar-refractivity contribution in [2.75, 3.05) is 26.7 Å². The molecular weight excluding hydrogens is 314 g/mol. The third-order valence-electron chi connectivity index (χ3n) is 5.30. The van der Waals surface area contributed by atoms with Crippen LogP contribution >= 0.6 is 0 Å². The van der Waals surface area contributed by atoms with E-state index in [-0.39, 0.29) is 0 Å². The van der Waals surface area contributed by atoms with Gasteiger partial charge < -0.3 is 4.48 Å². The quantitative estimate of drug-likeness (QED) is 0.142. The van der Waals surface area contributed by atoms with Gasteiger partial charge in [-0.15, -0.1) is 0 Å². The number of quaternary nitrogens is 1. The van der Waals surface area contributed by atoms with Gasteiger partial charge in [0.15, 0.2) is 0 Å². The van der Waals surface area contributed by atoms with E-state index in [1.54, 1.807) is 0 Å². The van der Waals surface area contributed by atoms with Crippen LogP contribution in [-0.2, 0) is 0 Å². The summed E-state index contributed by atoms with van der Waals surface area (Å²) in [6, 6.07) is 0. The minimum Gasteiger partial charge on any atom is -0.327 e. The molecule has 26 heavy (non-hydrogen) atoms. The van der Waals surface area contributed by atoms with E-state index in [1.165, 1.54) is 69.1 Å². The lowest BCUT2D eigenvalue weighted by Gasteiger charge is -2.32. The molecule has 0 fully saturated rings. The normalized spacial score (nSPS) is 13.2. The fourth-order valence-corrected chi connectivity index (χ4v) is 2.86. The van der Waals surface area contributed by atoms with Gasteiger partial charge in [-0.2, -0.15) is 0 Å². The molecule has 0 aliphatic heterocycles. The first-order chi connectivity index (χ1) is 12.7. The van der Waals surface area contributed by atoms with Crippen LogP contribution in [0.5, 0.6) is 0 Å². The summed E-state index contributed by atoms with van der Waals surface area (Å²) >= 11 is 0. The highest BCUT2D eigenvalue weighted by molar-refractivity contribution is 4.99. The summed E-state index contributed by atoms with van der Waals surface area (Å²) < 4.78 is 1.22. The lowest BCUT2D eigenvalue weighted by atomic mass is 10.2. The largest absolute Gasteiger partial charge is 0.327 e. The summed E-state index contributed by atoms with van der Waals surface area (Å²) in [5.74, 6) is 0. The predicted octanol–water partition coefficient (Wildman–Crippen LogP) is 7.62. The molecule has 0 atom stereocenters. The highest BCUT2D eigenvalue weighted by Crippen LogP contribution is 2.07. The minimum absolute atomic E-state index is 1.06. The van der Waals surface area contributed by atoms with Crippen LogP contribution in [0.4, 0.5) is 0 Å². The molecule has 150 valence electrons. The Kier molecular flexibility index (Phi) is 17.9. The lowest BCUT2D eigenvalue weighted by molar-refractivity contribution is -0.906. The zero-order valence-corrected chi connectivity index (χ0v) is 18.3. The molecule has 1 heteroatoms. The Labute approximate surface area is 165 Å². The standard InChI is InChI=1S/C25H46N/c1-5-8-9-10-11-12-13-14-15-16-17-18-19-20-21-22-23-24-25-26(4,6-2)7-3/h11-12,14-15,17-18,20-21H,5-10,13,16,19,22-25H2,1-4H3/q+1/b12-11-,15-14-,18-17-,21-20-. The molecule has 0 heterocycles. The maximum Gasteiger partial charge on any atom is 0.0784 e. The Morgan fingerprint density at radius 3 is 1.38 bits per heavy atom. The second-order valence-corrected chi connectivity index (χ2v) is 7.56. The lowest BCUT2D eigenvalue weighted by Crippen LogP contribution is -2.44. The number of nitrogens with zero attached hydrogens (tertiary/aromatic N) is 1. The minimum atomic E-state index is 1.06. The van der Waals surface area contributed by atoms with E-state index < -0.39 is 0 Å². The number of allylic oxidation sites excluding steroid dienone is 8. The van der Waals surface area contributed by atoms with Gasteiger partial charge in [0.25, 0.3) is 0 Å². The van der Waals surface area contributed by atoms with Crippen molar-refractivity contribution in [2.45, 2.75) is 85.0 Å². The highest BCUT2D eigenvalue weighted by atomic mass is 15.3. The second-order valence-electron chi connectivity index (χ2n) is 7.56. The summed E-state index contributed by atoms with van der Waals surface area (Å²) in [4.78, 5) is 0. The van der Waals surface area contributed by atoms with E-state index in [0.29, 0.717) is 0 Å². The van der Waals surface area contributed by atoms with Gasteiger partial charge in [0.2, 0.25) is 0 Å². The van der Waals surface area contributed by atoms with Crippen molar-refractivity contribution >= 4 is 0 Å². The number of hydrogen-bond acceptors (Lipinski definition) is 0. The monoisotopic (exact) mass is 360 g/mol. The van der Waals surface area contributed by atoms with Crippen molar-refractivity contribution in [3.05, 3.63) is 48.6 Å². The molecule has 0 aliphatic carbocycles. The Bertz CT molecular complexity index is 396. The van der Waals surface area contributed by atoms with Crippen molar-refractivity contribution in [3.63, 3.8) is 0 Å². The summed E-state index contributed by atoms with van der Waals surface area (Å²) in [7, 11) is 2.37. The first-order valence-corrected chi connectivity index (χ1v) is 11.1. The molecule has 0 saturated carbocycles. The van der Waals surface area contributed by atoms with E-state index in [1.807, 2.05) is 0 Å². The smallest absolute Gasteiger partial charge is 0.0784 e. The van der Waals surface area contributed by atoms with E-state index in [2.05, 4.69) is 76.4 Å². The summed E-state index contributed by atoms with van der Waals surface area (Å²) in [6.45, 7) is 10.7. The number of unbranched alkanes of at least 4 members (excludes halogenated alkanes) is 5. The maximum atomic E-state index is 2.37. The molecule has 0 saturated heterocycles. The highest BCUT2D eigenvalue weighted by Gasteiger charge is 2.14. The third-order valence-corrected chi connectivity index (χ3v) is 5.30. The van der Waals surface area contributed by atoms with E-state index in [0.717, 1.165) is 19.3 Å². The SMILES string of the molecule is CCCCC/C=C\C/C=C\C/C=C\C/C=C\CCCC[N+](C)(CC)CC. The van der Waals surface area contributed by atoms with Gasteiger partial charge in [0.05, 0.1) is 26.7 Å². The molecule has 0 aromatic rings. The van der Waals surface area contributed by atoms with Crippen LogP contribution in [-0.4, -0.2) is 31.2 Å². The van der Waals surface area contributed by atoms with E-state index in [9.17, 15) is 0 Å². The van der Waals surface area contributed by atoms with Crippen LogP contribution in [0.2, 0.25) is 0 Å². The predicted molar refractivity (Wildman–Crippen MR) is 121 cm³/mol. The van der Waals surface area contributed by atoms with Crippen molar-refractivity contribution in [2.24, 2.45) is 0 Å². The molecule has 0 radical (unpaired) electrons. The number of hydrogen-bond donors (Lipinski definition) is 0. The first kappa shape index (κ1) is 24.9. The van der Waals surface area contributed by atoms with Gasteiger partial charge in [-0.25, -0.2) is 0 Å². The second kappa shape index (κ2) is 18.7. The molecule has 0 aromatic carbocycles. The van der Waals surface area contributed by atoms with Crippen LogP contribution in [0, 0.1) is 0 Å². The molecule has 0 rings (SSSR count). The van der Waals surface area contributed by atoms with Crippen LogP contribution in [0.15, 0.2) is 48.6 Å². The Balaban J connectivity index is 3.52. The van der Waals surface area contributed by atoms with Gasteiger partial charge >= 0.3 is 0 Å². The molecule has 0 aromatic heterocycles. The molecule has 0 aliphatic rings. The molecule has 0 unspecified atom stereocenters. The van der Waals surface area contributed by atoms with E-state index >= 15 is 0 Å². The summed E-state index contributed by atoms with van der Waals surface area (Å²) in [5.41, 5.74) is 0.